The summed E-state index contributed by atoms with van der Waals surface area (Å²) >= 11 is 3.46. The van der Waals surface area contributed by atoms with Crippen molar-refractivity contribution in [1.29, 1.82) is 0 Å². The number of hydrazone groups is 1. The molecule has 0 aromatic heterocycles. The van der Waals surface area contributed by atoms with E-state index in [-0.39, 0.29) is 35.5 Å². The van der Waals surface area contributed by atoms with E-state index >= 15 is 0 Å². The first kappa shape index (κ1) is 18.2. The van der Waals surface area contributed by atoms with Crippen LogP contribution in [-0.4, -0.2) is 36.8 Å². The van der Waals surface area contributed by atoms with Crippen LogP contribution in [0.5, 0.6) is 11.5 Å². The van der Waals surface area contributed by atoms with E-state index in [0.717, 1.165) is 17.9 Å². The highest BCUT2D eigenvalue weighted by molar-refractivity contribution is 9.10. The second-order valence-electron chi connectivity index (χ2n) is 7.04. The fourth-order valence-electron chi connectivity index (χ4n) is 4.42. The van der Waals surface area contributed by atoms with Crippen LogP contribution in [0.3, 0.4) is 0 Å². The van der Waals surface area contributed by atoms with Gasteiger partial charge < -0.3 is 9.47 Å². The summed E-state index contributed by atoms with van der Waals surface area (Å²) in [7, 11) is 1.57. The Balaban J connectivity index is 1.60. The molecule has 2 bridgehead atoms. The van der Waals surface area contributed by atoms with Crippen LogP contribution in [0, 0.1) is 23.7 Å². The van der Waals surface area contributed by atoms with Gasteiger partial charge in [-0.1, -0.05) is 12.2 Å². The third-order valence-electron chi connectivity index (χ3n) is 5.59. The van der Waals surface area contributed by atoms with E-state index in [1.54, 1.807) is 13.2 Å². The largest absolute Gasteiger partial charge is 0.492 e. The van der Waals surface area contributed by atoms with Crippen molar-refractivity contribution in [3.05, 3.63) is 34.3 Å². The molecule has 6 nitrogen and oxygen atoms in total. The van der Waals surface area contributed by atoms with Gasteiger partial charge in [0, 0.05) is 0 Å². The molecule has 0 spiro atoms. The van der Waals surface area contributed by atoms with Crippen molar-refractivity contribution in [3.63, 3.8) is 0 Å². The van der Waals surface area contributed by atoms with Gasteiger partial charge >= 0.3 is 0 Å². The molecule has 5 rings (SSSR count). The monoisotopic (exact) mass is 432 g/mol. The van der Waals surface area contributed by atoms with Gasteiger partial charge in [-0.2, -0.15) is 10.1 Å². The fraction of sp³-hybridized carbons (Fsp3) is 0.450. The summed E-state index contributed by atoms with van der Waals surface area (Å²) in [4.78, 5) is 25.6. The Labute approximate surface area is 166 Å². The van der Waals surface area contributed by atoms with Crippen molar-refractivity contribution in [2.24, 2.45) is 28.8 Å². The Bertz CT molecular complexity index is 819. The Kier molecular flexibility index (Phi) is 4.80. The molecule has 2 amide bonds. The van der Waals surface area contributed by atoms with Crippen molar-refractivity contribution >= 4 is 34.0 Å². The molecule has 1 saturated carbocycles. The van der Waals surface area contributed by atoms with Crippen LogP contribution in [0.1, 0.15) is 25.3 Å². The minimum Gasteiger partial charge on any atom is -0.492 e. The molecular weight excluding hydrogens is 412 g/mol. The second kappa shape index (κ2) is 7.11. The van der Waals surface area contributed by atoms with Gasteiger partial charge in [-0.05, 0) is 65.2 Å². The Morgan fingerprint density at radius 1 is 1.19 bits per heavy atom. The van der Waals surface area contributed by atoms with E-state index in [2.05, 4.69) is 33.2 Å². The van der Waals surface area contributed by atoms with Crippen LogP contribution >= 0.6 is 15.9 Å². The molecule has 142 valence electrons. The Hall–Kier alpha value is -2.15. The lowest BCUT2D eigenvalue weighted by atomic mass is 9.63. The molecule has 1 aromatic carbocycles. The van der Waals surface area contributed by atoms with E-state index in [0.29, 0.717) is 28.1 Å². The average Bonchev–Trinajstić information content (AvgIpc) is 2.94. The third kappa shape index (κ3) is 2.98. The first-order valence-corrected chi connectivity index (χ1v) is 9.95. The number of halogens is 1. The van der Waals surface area contributed by atoms with Crippen LogP contribution in [0.15, 0.2) is 33.9 Å². The smallest absolute Gasteiger partial charge is 0.254 e. The molecule has 3 aliphatic carbocycles. The number of hydrogen-bond acceptors (Lipinski definition) is 5. The average molecular weight is 433 g/mol. The number of ether oxygens (including phenoxy) is 2. The summed E-state index contributed by atoms with van der Waals surface area (Å²) in [5, 5.41) is 5.30. The van der Waals surface area contributed by atoms with Crippen molar-refractivity contribution in [1.82, 2.24) is 5.01 Å². The van der Waals surface area contributed by atoms with E-state index in [1.165, 1.54) is 6.21 Å². The highest BCUT2D eigenvalue weighted by atomic mass is 79.9. The van der Waals surface area contributed by atoms with Gasteiger partial charge in [0.2, 0.25) is 0 Å². The molecular formula is C20H21BrN2O4. The number of methoxy groups -OCH3 is 1. The minimum atomic E-state index is -0.250. The van der Waals surface area contributed by atoms with Gasteiger partial charge in [0.1, 0.15) is 0 Å². The first-order chi connectivity index (χ1) is 13.0. The van der Waals surface area contributed by atoms with Crippen LogP contribution in [-0.2, 0) is 9.59 Å². The number of hydrogen-bond donors (Lipinski definition) is 0. The molecule has 27 heavy (non-hydrogen) atoms. The third-order valence-corrected chi connectivity index (χ3v) is 6.18. The molecule has 1 aromatic rings. The summed E-state index contributed by atoms with van der Waals surface area (Å²) in [6.45, 7) is 2.38. The summed E-state index contributed by atoms with van der Waals surface area (Å²) in [6, 6.07) is 3.59. The van der Waals surface area contributed by atoms with Gasteiger partial charge in [-0.15, -0.1) is 0 Å². The SMILES string of the molecule is CCOc1cc(/C=N\N2C(=O)[C@H]3[C@H](C2=O)[C@H]2C=C[C@H]3CC2)cc(Br)c1OC. The van der Waals surface area contributed by atoms with E-state index in [4.69, 9.17) is 9.47 Å². The normalized spacial score (nSPS) is 28.9. The molecule has 4 atom stereocenters. The topological polar surface area (TPSA) is 68.2 Å². The minimum absolute atomic E-state index is 0.163. The predicted molar refractivity (Wildman–Crippen MR) is 104 cm³/mol. The van der Waals surface area contributed by atoms with E-state index in [1.807, 2.05) is 13.0 Å². The maximum absolute atomic E-state index is 12.8. The lowest BCUT2D eigenvalue weighted by Gasteiger charge is -2.37. The number of allylic oxidation sites excluding steroid dienone is 2. The number of benzene rings is 1. The number of carbonyl (C=O) groups excluding carboxylic acids is 2. The molecule has 4 aliphatic rings. The van der Waals surface area contributed by atoms with Crippen molar-refractivity contribution in [3.8, 4) is 11.5 Å². The summed E-state index contributed by atoms with van der Waals surface area (Å²) in [6.07, 6.45) is 7.67. The number of rotatable bonds is 5. The highest BCUT2D eigenvalue weighted by Crippen LogP contribution is 2.49. The molecule has 0 unspecified atom stereocenters. The van der Waals surface area contributed by atoms with Gasteiger partial charge in [0.25, 0.3) is 11.8 Å². The van der Waals surface area contributed by atoms with Gasteiger partial charge in [-0.3, -0.25) is 9.59 Å². The molecule has 2 fully saturated rings. The quantitative estimate of drug-likeness (QED) is 0.406. The molecule has 1 heterocycles. The summed E-state index contributed by atoms with van der Waals surface area (Å²) in [5.74, 6) is 0.630. The van der Waals surface area contributed by atoms with Crippen molar-refractivity contribution in [2.45, 2.75) is 19.8 Å². The number of fused-ring (bicyclic) bond motifs is 1. The van der Waals surface area contributed by atoms with Gasteiger partial charge in [0.15, 0.2) is 11.5 Å². The first-order valence-electron chi connectivity index (χ1n) is 9.15. The summed E-state index contributed by atoms with van der Waals surface area (Å²) in [5.41, 5.74) is 0.711. The lowest BCUT2D eigenvalue weighted by Crippen LogP contribution is -2.38. The number of amides is 2. The zero-order valence-corrected chi connectivity index (χ0v) is 16.8. The summed E-state index contributed by atoms with van der Waals surface area (Å²) < 4.78 is 11.7. The van der Waals surface area contributed by atoms with Crippen LogP contribution in [0.25, 0.3) is 0 Å². The molecule has 0 N–H and O–H groups in total. The molecule has 0 radical (unpaired) electrons. The zero-order valence-electron chi connectivity index (χ0n) is 15.2. The maximum atomic E-state index is 12.8. The number of nitrogens with zero attached hydrogens (tertiary/aromatic N) is 2. The van der Waals surface area contributed by atoms with Crippen LogP contribution in [0.4, 0.5) is 0 Å². The Morgan fingerprint density at radius 2 is 1.81 bits per heavy atom. The van der Waals surface area contributed by atoms with Crippen molar-refractivity contribution in [2.75, 3.05) is 13.7 Å². The predicted octanol–water partition coefficient (Wildman–Crippen LogP) is 3.39. The number of imide groups is 1. The van der Waals surface area contributed by atoms with Crippen LogP contribution in [0.2, 0.25) is 0 Å². The van der Waals surface area contributed by atoms with Crippen molar-refractivity contribution < 1.29 is 19.1 Å². The maximum Gasteiger partial charge on any atom is 0.254 e. The fourth-order valence-corrected chi connectivity index (χ4v) is 5.04. The lowest BCUT2D eigenvalue weighted by molar-refractivity contribution is -0.140. The number of carbonyl (C=O) groups is 2. The molecule has 7 heteroatoms. The Morgan fingerprint density at radius 3 is 2.33 bits per heavy atom. The second-order valence-corrected chi connectivity index (χ2v) is 7.90. The van der Waals surface area contributed by atoms with E-state index in [9.17, 15) is 9.59 Å². The molecule has 1 saturated heterocycles. The van der Waals surface area contributed by atoms with E-state index < -0.39 is 0 Å². The van der Waals surface area contributed by atoms with Gasteiger partial charge in [0.05, 0.1) is 36.2 Å². The standard InChI is InChI=1S/C20H21BrN2O4/c1-3-27-15-9-11(8-14(21)18(15)26-2)10-22-23-19(24)16-12-4-5-13(7-6-12)17(16)20(23)25/h4-5,8-10,12-13,16-17H,3,6-7H2,1-2H3/b22-10-/t12-,13-,16+,17+/m0/s1. The zero-order chi connectivity index (χ0) is 19.1. The van der Waals surface area contributed by atoms with Gasteiger partial charge in [-0.25, -0.2) is 0 Å². The molecule has 1 aliphatic heterocycles. The van der Waals surface area contributed by atoms with Crippen LogP contribution < -0.4 is 9.47 Å². The highest BCUT2D eigenvalue weighted by Gasteiger charge is 2.56.